The van der Waals surface area contributed by atoms with Crippen LogP contribution in [0.1, 0.15) is 27.3 Å². The molecule has 0 saturated heterocycles. The third-order valence-corrected chi connectivity index (χ3v) is 6.81. The van der Waals surface area contributed by atoms with Gasteiger partial charge in [0, 0.05) is 10.4 Å². The number of carboxylic acid groups (broad SMARTS) is 1. The second-order valence-corrected chi connectivity index (χ2v) is 8.72. The molecule has 3 aromatic heterocycles. The molecule has 1 aliphatic rings. The summed E-state index contributed by atoms with van der Waals surface area (Å²) in [6, 6.07) is 15.2. The number of aromatic nitrogens is 2. The molecule has 3 heterocycles. The van der Waals surface area contributed by atoms with Crippen LogP contribution in [0.5, 0.6) is 0 Å². The van der Waals surface area contributed by atoms with E-state index >= 15 is 0 Å². The molecule has 144 valence electrons. The number of thiophene rings is 1. The van der Waals surface area contributed by atoms with Crippen molar-refractivity contribution < 1.29 is 9.90 Å². The molecule has 0 saturated carbocycles. The summed E-state index contributed by atoms with van der Waals surface area (Å²) in [5.41, 5.74) is 10.4. The first-order valence-electron chi connectivity index (χ1n) is 9.09. The van der Waals surface area contributed by atoms with Crippen molar-refractivity contribution in [2.45, 2.75) is 12.8 Å². The fraction of sp³-hybridized carbons (Fsp3) is 0.0952. The number of fused-ring (bicyclic) bond motifs is 2. The lowest BCUT2D eigenvalue weighted by atomic mass is 10.0. The number of pyridine rings is 1. The quantitative estimate of drug-likeness (QED) is 0.393. The maximum Gasteiger partial charge on any atom is 0.354 e. The van der Waals surface area contributed by atoms with Gasteiger partial charge in [0.2, 0.25) is 5.13 Å². The van der Waals surface area contributed by atoms with Gasteiger partial charge in [-0.25, -0.2) is 14.8 Å². The van der Waals surface area contributed by atoms with Gasteiger partial charge < -0.3 is 5.11 Å². The number of hydrogen-bond acceptors (Lipinski definition) is 7. The molecule has 0 aliphatic heterocycles. The lowest BCUT2D eigenvalue weighted by Gasteiger charge is -2.15. The molecular weight excluding hydrogens is 404 g/mol. The molecule has 0 fully saturated rings. The zero-order valence-electron chi connectivity index (χ0n) is 15.2. The highest BCUT2D eigenvalue weighted by Crippen LogP contribution is 2.37. The third-order valence-electron chi connectivity index (χ3n) is 4.64. The maximum absolute atomic E-state index is 11.2. The lowest BCUT2D eigenvalue weighted by Crippen LogP contribution is -2.21. The molecule has 3 N–H and O–H groups in total. The average molecular weight is 421 g/mol. The van der Waals surface area contributed by atoms with Gasteiger partial charge in [-0.05, 0) is 43.2 Å². The molecule has 1 aliphatic carbocycles. The fourth-order valence-corrected chi connectivity index (χ4v) is 5.26. The molecule has 4 aromatic rings. The minimum absolute atomic E-state index is 0.0558. The molecule has 1 aromatic carbocycles. The van der Waals surface area contributed by atoms with Crippen LogP contribution in [0.2, 0.25) is 0 Å². The van der Waals surface area contributed by atoms with E-state index in [1.807, 2.05) is 24.3 Å². The number of thiazole rings is 1. The fourth-order valence-electron chi connectivity index (χ4n) is 3.28. The summed E-state index contributed by atoms with van der Waals surface area (Å²) in [6.45, 7) is 0. The molecule has 0 amide bonds. The Labute approximate surface area is 174 Å². The molecule has 0 unspecified atom stereocenters. The molecule has 0 radical (unpaired) electrons. The standard InChI is InChI=1S/C21H16N4O2S2/c26-20(27)16-8-3-7-15(22-16)19-11-12-13(6-4-10-17(12)28-19)24-25-21-23-14-5-1-2-9-18(14)29-21/h1-3,5-9,11,24H,4,10H2,(H,23,25)(H,26,27). The number of anilines is 1. The number of rotatable bonds is 5. The first kappa shape index (κ1) is 17.8. The first-order valence-corrected chi connectivity index (χ1v) is 10.7. The van der Waals surface area contributed by atoms with Gasteiger partial charge in [-0.1, -0.05) is 35.6 Å². The Kier molecular flexibility index (Phi) is 4.49. The Morgan fingerprint density at radius 2 is 1.93 bits per heavy atom. The number of aromatic carboxylic acids is 1. The number of para-hydroxylation sites is 1. The number of carbonyl (C=O) groups is 1. The van der Waals surface area contributed by atoms with Gasteiger partial charge in [0.15, 0.2) is 0 Å². The average Bonchev–Trinajstić information content (AvgIpc) is 3.36. The number of nitrogens with one attached hydrogen (secondary N) is 2. The van der Waals surface area contributed by atoms with E-state index in [1.165, 1.54) is 10.9 Å². The van der Waals surface area contributed by atoms with Crippen LogP contribution in [-0.4, -0.2) is 21.0 Å². The van der Waals surface area contributed by atoms with Gasteiger partial charge in [0.1, 0.15) is 5.69 Å². The van der Waals surface area contributed by atoms with Crippen LogP contribution in [0.4, 0.5) is 5.13 Å². The number of hydrogen-bond donors (Lipinski definition) is 3. The van der Waals surface area contributed by atoms with Crippen molar-refractivity contribution in [1.82, 2.24) is 15.4 Å². The monoisotopic (exact) mass is 420 g/mol. The maximum atomic E-state index is 11.2. The largest absolute Gasteiger partial charge is 0.477 e. The second kappa shape index (κ2) is 7.31. The summed E-state index contributed by atoms with van der Waals surface area (Å²) in [4.78, 5) is 22.3. The second-order valence-electron chi connectivity index (χ2n) is 6.55. The number of carboxylic acids is 1. The predicted octanol–water partition coefficient (Wildman–Crippen LogP) is 5.02. The highest BCUT2D eigenvalue weighted by Gasteiger charge is 2.19. The van der Waals surface area contributed by atoms with Gasteiger partial charge in [-0.3, -0.25) is 10.9 Å². The van der Waals surface area contributed by atoms with E-state index in [9.17, 15) is 9.90 Å². The molecule has 0 atom stereocenters. The normalized spacial score (nSPS) is 13.0. The van der Waals surface area contributed by atoms with Crippen molar-refractivity contribution in [1.29, 1.82) is 0 Å². The highest BCUT2D eigenvalue weighted by atomic mass is 32.1. The number of allylic oxidation sites excluding steroid dienone is 1. The topological polar surface area (TPSA) is 87.1 Å². The van der Waals surface area contributed by atoms with Crippen molar-refractivity contribution in [3.05, 3.63) is 70.7 Å². The molecule has 6 nitrogen and oxygen atoms in total. The van der Waals surface area contributed by atoms with Crippen molar-refractivity contribution in [3.63, 3.8) is 0 Å². The van der Waals surface area contributed by atoms with Crippen LogP contribution < -0.4 is 10.9 Å². The van der Waals surface area contributed by atoms with Crippen LogP contribution in [0.3, 0.4) is 0 Å². The highest BCUT2D eigenvalue weighted by molar-refractivity contribution is 7.22. The van der Waals surface area contributed by atoms with Gasteiger partial charge in [0.05, 0.1) is 26.5 Å². The van der Waals surface area contributed by atoms with Crippen molar-refractivity contribution in [2.75, 3.05) is 5.43 Å². The predicted molar refractivity (Wildman–Crippen MR) is 117 cm³/mol. The zero-order chi connectivity index (χ0) is 19.8. The molecule has 8 heteroatoms. The Morgan fingerprint density at radius 1 is 1.03 bits per heavy atom. The summed E-state index contributed by atoms with van der Waals surface area (Å²) >= 11 is 3.26. The van der Waals surface area contributed by atoms with Gasteiger partial charge in [-0.15, -0.1) is 11.3 Å². The Balaban J connectivity index is 1.39. The van der Waals surface area contributed by atoms with Crippen molar-refractivity contribution in [3.8, 4) is 10.6 Å². The third kappa shape index (κ3) is 3.48. The van der Waals surface area contributed by atoms with Crippen LogP contribution in [0.25, 0.3) is 26.5 Å². The summed E-state index contributed by atoms with van der Waals surface area (Å²) in [7, 11) is 0. The number of nitrogens with zero attached hydrogens (tertiary/aromatic N) is 2. The van der Waals surface area contributed by atoms with Gasteiger partial charge in [-0.2, -0.15) is 0 Å². The Bertz CT molecular complexity index is 1230. The Morgan fingerprint density at radius 3 is 2.79 bits per heavy atom. The van der Waals surface area contributed by atoms with E-state index in [0.29, 0.717) is 5.69 Å². The van der Waals surface area contributed by atoms with E-state index < -0.39 is 5.97 Å². The summed E-state index contributed by atoms with van der Waals surface area (Å²) in [5.74, 6) is -1.02. The van der Waals surface area contributed by atoms with Crippen LogP contribution >= 0.6 is 22.7 Å². The number of benzene rings is 1. The molecule has 29 heavy (non-hydrogen) atoms. The van der Waals surface area contributed by atoms with E-state index in [1.54, 1.807) is 28.7 Å². The summed E-state index contributed by atoms with van der Waals surface area (Å²) in [5, 5.41) is 10.0. The lowest BCUT2D eigenvalue weighted by molar-refractivity contribution is 0.0690. The summed E-state index contributed by atoms with van der Waals surface area (Å²) in [6.07, 6.45) is 4.07. The summed E-state index contributed by atoms with van der Waals surface area (Å²) < 4.78 is 1.14. The van der Waals surface area contributed by atoms with Gasteiger partial charge >= 0.3 is 5.97 Å². The molecule has 5 rings (SSSR count). The minimum atomic E-state index is -1.02. The van der Waals surface area contributed by atoms with E-state index in [2.05, 4.69) is 39.0 Å². The van der Waals surface area contributed by atoms with E-state index in [-0.39, 0.29) is 5.69 Å². The zero-order valence-corrected chi connectivity index (χ0v) is 16.8. The molecule has 0 spiro atoms. The smallest absolute Gasteiger partial charge is 0.354 e. The number of hydrazine groups is 1. The van der Waals surface area contributed by atoms with Crippen molar-refractivity contribution >= 4 is 49.7 Å². The van der Waals surface area contributed by atoms with Crippen molar-refractivity contribution in [2.24, 2.45) is 0 Å². The first-order chi connectivity index (χ1) is 14.2. The molecular formula is C21H16N4O2S2. The van der Waals surface area contributed by atoms with Crippen LogP contribution in [-0.2, 0) is 6.42 Å². The minimum Gasteiger partial charge on any atom is -0.477 e. The number of aryl methyl sites for hydroxylation is 1. The SMILES string of the molecule is O=C(O)c1cccc(-c2cc3c(s2)CCC=C3NNc2nc3ccccc3s2)n1. The van der Waals surface area contributed by atoms with Crippen LogP contribution in [0, 0.1) is 0 Å². The molecule has 0 bridgehead atoms. The Hall–Kier alpha value is -3.23. The van der Waals surface area contributed by atoms with E-state index in [0.717, 1.165) is 44.3 Å². The van der Waals surface area contributed by atoms with Gasteiger partial charge in [0.25, 0.3) is 0 Å². The van der Waals surface area contributed by atoms with E-state index in [4.69, 9.17) is 0 Å². The van der Waals surface area contributed by atoms with Crippen LogP contribution in [0.15, 0.2) is 54.6 Å².